The Morgan fingerprint density at radius 2 is 1.81 bits per heavy atom. The Bertz CT molecular complexity index is 521. The molecule has 0 saturated carbocycles. The molecule has 1 atom stereocenters. The molecule has 0 N–H and O–H groups in total. The van der Waals surface area contributed by atoms with Crippen molar-refractivity contribution in [3.05, 3.63) is 35.4 Å². The van der Waals surface area contributed by atoms with Crippen LogP contribution in [0.15, 0.2) is 24.3 Å². The van der Waals surface area contributed by atoms with Crippen LogP contribution in [0.2, 0.25) is 0 Å². The fourth-order valence-electron chi connectivity index (χ4n) is 1.95. The number of hydrogen-bond donors (Lipinski definition) is 0. The number of esters is 1. The molecule has 0 radical (unpaired) electrons. The molecule has 1 aromatic rings. The highest BCUT2D eigenvalue weighted by Crippen LogP contribution is 2.14. The van der Waals surface area contributed by atoms with Crippen LogP contribution in [0.3, 0.4) is 0 Å². The molecule has 1 rings (SSSR count). The SMILES string of the molecule is CCCCC(COC(=O)c1ccccc1C(=O)[O-])C(C)=O. The number of carboxylic acid groups (broad SMARTS) is 1. The van der Waals surface area contributed by atoms with Crippen LogP contribution in [0.1, 0.15) is 53.8 Å². The molecule has 0 saturated heterocycles. The van der Waals surface area contributed by atoms with Gasteiger partial charge in [0.1, 0.15) is 12.4 Å². The molecular weight excluding hydrogens is 272 g/mol. The van der Waals surface area contributed by atoms with Crippen molar-refractivity contribution in [1.29, 1.82) is 0 Å². The molecule has 0 aliphatic rings. The first-order chi connectivity index (χ1) is 9.97. The molecule has 5 heteroatoms. The second-order valence-electron chi connectivity index (χ2n) is 4.88. The van der Waals surface area contributed by atoms with Crippen LogP contribution in [-0.4, -0.2) is 24.3 Å². The van der Waals surface area contributed by atoms with E-state index in [1.807, 2.05) is 6.92 Å². The van der Waals surface area contributed by atoms with Crippen molar-refractivity contribution in [3.63, 3.8) is 0 Å². The molecule has 0 fully saturated rings. The summed E-state index contributed by atoms with van der Waals surface area (Å²) in [6.45, 7) is 3.44. The lowest BCUT2D eigenvalue weighted by atomic mass is 9.99. The predicted octanol–water partition coefficient (Wildman–Crippen LogP) is 1.60. The maximum atomic E-state index is 11.9. The first-order valence-electron chi connectivity index (χ1n) is 6.95. The van der Waals surface area contributed by atoms with Crippen LogP contribution < -0.4 is 5.11 Å². The molecule has 21 heavy (non-hydrogen) atoms. The molecule has 0 heterocycles. The van der Waals surface area contributed by atoms with Gasteiger partial charge in [-0.15, -0.1) is 0 Å². The molecular formula is C16H19O5-. The second-order valence-corrected chi connectivity index (χ2v) is 4.88. The van der Waals surface area contributed by atoms with Crippen molar-refractivity contribution in [2.45, 2.75) is 33.1 Å². The van der Waals surface area contributed by atoms with Crippen molar-refractivity contribution >= 4 is 17.7 Å². The third-order valence-corrected chi connectivity index (χ3v) is 3.26. The van der Waals surface area contributed by atoms with E-state index in [0.29, 0.717) is 6.42 Å². The first-order valence-corrected chi connectivity index (χ1v) is 6.95. The molecule has 0 aliphatic heterocycles. The highest BCUT2D eigenvalue weighted by molar-refractivity contribution is 6.01. The van der Waals surface area contributed by atoms with Crippen LogP contribution in [-0.2, 0) is 9.53 Å². The van der Waals surface area contributed by atoms with E-state index in [0.717, 1.165) is 12.8 Å². The average molecular weight is 291 g/mol. The summed E-state index contributed by atoms with van der Waals surface area (Å²) in [5, 5.41) is 10.9. The number of ketones is 1. The Morgan fingerprint density at radius 3 is 2.33 bits per heavy atom. The van der Waals surface area contributed by atoms with E-state index in [-0.39, 0.29) is 29.4 Å². The van der Waals surface area contributed by atoms with Gasteiger partial charge in [-0.25, -0.2) is 4.79 Å². The Kier molecular flexibility index (Phi) is 6.59. The maximum Gasteiger partial charge on any atom is 0.338 e. The maximum absolute atomic E-state index is 11.9. The van der Waals surface area contributed by atoms with Crippen molar-refractivity contribution in [3.8, 4) is 0 Å². The summed E-state index contributed by atoms with van der Waals surface area (Å²) < 4.78 is 5.09. The number of carbonyl (C=O) groups is 3. The lowest BCUT2D eigenvalue weighted by Gasteiger charge is -2.15. The smallest absolute Gasteiger partial charge is 0.338 e. The number of Topliss-reactive ketones (excluding diaryl/α,β-unsaturated/α-hetero) is 1. The van der Waals surface area contributed by atoms with Crippen molar-refractivity contribution in [1.82, 2.24) is 0 Å². The van der Waals surface area contributed by atoms with Gasteiger partial charge in [0.05, 0.1) is 17.5 Å². The highest BCUT2D eigenvalue weighted by atomic mass is 16.5. The number of aromatic carboxylic acids is 1. The van der Waals surface area contributed by atoms with E-state index >= 15 is 0 Å². The van der Waals surface area contributed by atoms with Crippen molar-refractivity contribution < 1.29 is 24.2 Å². The molecule has 114 valence electrons. The average Bonchev–Trinajstić information content (AvgIpc) is 2.46. The van der Waals surface area contributed by atoms with Crippen molar-refractivity contribution in [2.24, 2.45) is 5.92 Å². The standard InChI is InChI=1S/C16H20O5/c1-3-4-7-12(11(2)17)10-21-16(20)14-9-6-5-8-13(14)15(18)19/h5-6,8-9,12H,3-4,7,10H2,1-2H3,(H,18,19)/p-1. The fraction of sp³-hybridized carbons (Fsp3) is 0.438. The van der Waals surface area contributed by atoms with Crippen LogP contribution >= 0.6 is 0 Å². The lowest BCUT2D eigenvalue weighted by molar-refractivity contribution is -0.255. The van der Waals surface area contributed by atoms with Crippen LogP contribution in [0.5, 0.6) is 0 Å². The molecule has 0 amide bonds. The minimum absolute atomic E-state index is 0.0322. The molecule has 5 nitrogen and oxygen atoms in total. The number of rotatable bonds is 8. The number of hydrogen-bond acceptors (Lipinski definition) is 5. The summed E-state index contributed by atoms with van der Waals surface area (Å²) >= 11 is 0. The monoisotopic (exact) mass is 291 g/mol. The van der Waals surface area contributed by atoms with Gasteiger partial charge in [0.2, 0.25) is 0 Å². The number of carboxylic acids is 1. The number of carbonyl (C=O) groups excluding carboxylic acids is 3. The molecule has 0 bridgehead atoms. The molecule has 0 aromatic heterocycles. The van der Waals surface area contributed by atoms with E-state index in [1.165, 1.54) is 25.1 Å². The number of unbranched alkanes of at least 4 members (excludes halogenated alkanes) is 1. The number of benzene rings is 1. The summed E-state index contributed by atoms with van der Waals surface area (Å²) in [4.78, 5) is 34.4. The second kappa shape index (κ2) is 8.19. The zero-order chi connectivity index (χ0) is 15.8. The summed E-state index contributed by atoms with van der Waals surface area (Å²) in [6, 6.07) is 5.69. The fourth-order valence-corrected chi connectivity index (χ4v) is 1.95. The molecule has 1 unspecified atom stereocenters. The minimum Gasteiger partial charge on any atom is -0.545 e. The summed E-state index contributed by atoms with van der Waals surface area (Å²) in [7, 11) is 0. The Labute approximate surface area is 123 Å². The van der Waals surface area contributed by atoms with E-state index < -0.39 is 11.9 Å². The minimum atomic E-state index is -1.43. The summed E-state index contributed by atoms with van der Waals surface area (Å²) in [5.41, 5.74) is -0.272. The zero-order valence-electron chi connectivity index (χ0n) is 12.3. The van der Waals surface area contributed by atoms with E-state index in [1.54, 1.807) is 6.07 Å². The number of ether oxygens (including phenoxy) is 1. The van der Waals surface area contributed by atoms with Gasteiger partial charge in [-0.2, -0.15) is 0 Å². The van der Waals surface area contributed by atoms with Crippen molar-refractivity contribution in [2.75, 3.05) is 6.61 Å². The molecule has 0 aliphatic carbocycles. The van der Waals surface area contributed by atoms with Gasteiger partial charge in [0, 0.05) is 5.56 Å². The van der Waals surface area contributed by atoms with Gasteiger partial charge in [-0.3, -0.25) is 4.79 Å². The van der Waals surface area contributed by atoms with E-state index in [9.17, 15) is 19.5 Å². The van der Waals surface area contributed by atoms with Gasteiger partial charge in [-0.1, -0.05) is 38.0 Å². The molecule has 0 spiro atoms. The van der Waals surface area contributed by atoms with Gasteiger partial charge >= 0.3 is 5.97 Å². The van der Waals surface area contributed by atoms with E-state index in [4.69, 9.17) is 4.74 Å². The van der Waals surface area contributed by atoms with Gasteiger partial charge < -0.3 is 14.6 Å². The first kappa shape index (κ1) is 16.9. The normalized spacial score (nSPS) is 11.7. The van der Waals surface area contributed by atoms with Gasteiger partial charge in [0.25, 0.3) is 0 Å². The third-order valence-electron chi connectivity index (χ3n) is 3.26. The van der Waals surface area contributed by atoms with E-state index in [2.05, 4.69) is 0 Å². The lowest BCUT2D eigenvalue weighted by Crippen LogP contribution is -2.26. The molecule has 1 aromatic carbocycles. The third kappa shape index (κ3) is 5.02. The van der Waals surface area contributed by atoms with Gasteiger partial charge in [0.15, 0.2) is 0 Å². The topological polar surface area (TPSA) is 83.5 Å². The van der Waals surface area contributed by atoms with Crippen LogP contribution in [0.25, 0.3) is 0 Å². The van der Waals surface area contributed by atoms with Gasteiger partial charge in [-0.05, 0) is 19.4 Å². The summed E-state index contributed by atoms with van der Waals surface area (Å²) in [6.07, 6.45) is 2.48. The highest BCUT2D eigenvalue weighted by Gasteiger charge is 2.18. The quantitative estimate of drug-likeness (QED) is 0.679. The Hall–Kier alpha value is -2.17. The predicted molar refractivity (Wildman–Crippen MR) is 74.8 cm³/mol. The summed E-state index contributed by atoms with van der Waals surface area (Å²) in [5.74, 6) is -2.57. The zero-order valence-corrected chi connectivity index (χ0v) is 12.3. The Morgan fingerprint density at radius 1 is 1.19 bits per heavy atom. The largest absolute Gasteiger partial charge is 0.545 e. The Balaban J connectivity index is 2.73. The van der Waals surface area contributed by atoms with Crippen LogP contribution in [0, 0.1) is 5.92 Å². The van der Waals surface area contributed by atoms with Crippen LogP contribution in [0.4, 0.5) is 0 Å².